The summed E-state index contributed by atoms with van der Waals surface area (Å²) in [5.41, 5.74) is 1.51. The van der Waals surface area contributed by atoms with Gasteiger partial charge in [0.05, 0.1) is 5.56 Å². The van der Waals surface area contributed by atoms with Crippen molar-refractivity contribution in [2.45, 2.75) is 18.8 Å². The number of piperidine rings is 1. The fourth-order valence-electron chi connectivity index (χ4n) is 3.14. The minimum Gasteiger partial charge on any atom is -0.338 e. The van der Waals surface area contributed by atoms with Crippen molar-refractivity contribution in [2.24, 2.45) is 0 Å². The monoisotopic (exact) mass is 356 g/mol. The number of nitrogens with zero attached hydrogens (tertiary/aromatic N) is 3. The number of benzene rings is 1. The van der Waals surface area contributed by atoms with Gasteiger partial charge in [-0.15, -0.1) is 0 Å². The molecule has 1 aliphatic rings. The lowest BCUT2D eigenvalue weighted by atomic mass is 9.97. The van der Waals surface area contributed by atoms with Crippen LogP contribution in [0.1, 0.15) is 34.9 Å². The van der Waals surface area contributed by atoms with Crippen LogP contribution in [-0.4, -0.2) is 39.1 Å². The largest absolute Gasteiger partial charge is 0.338 e. The predicted molar refractivity (Wildman–Crippen MR) is 94.0 cm³/mol. The number of carbonyl (C=O) groups excluding carboxylic acids is 1. The zero-order valence-corrected chi connectivity index (χ0v) is 14.3. The Bertz CT molecular complexity index is 860. The van der Waals surface area contributed by atoms with Gasteiger partial charge in [-0.1, -0.05) is 0 Å². The molecule has 5 nitrogen and oxygen atoms in total. The standard InChI is InChI=1S/C18H17FN4OS/c19-15-5-3-12(4-6-15)16-20-17(22-21-16)13-2-1-8-23(10-13)18(24)14-7-9-25-11-14/h3-7,9,11,13H,1-2,8,10H2,(H,20,21,22)/t13-/m0/s1. The second-order valence-corrected chi connectivity index (χ2v) is 6.93. The SMILES string of the molecule is O=C(c1ccsc1)N1CCC[C@H](c2nc(-c3ccc(F)cc3)n[nH]2)C1. The van der Waals surface area contributed by atoms with E-state index in [1.165, 1.54) is 23.5 Å². The molecule has 0 spiro atoms. The Hall–Kier alpha value is -2.54. The topological polar surface area (TPSA) is 61.9 Å². The number of aromatic nitrogens is 3. The van der Waals surface area contributed by atoms with Crippen molar-refractivity contribution in [3.63, 3.8) is 0 Å². The van der Waals surface area contributed by atoms with E-state index in [-0.39, 0.29) is 17.6 Å². The van der Waals surface area contributed by atoms with E-state index in [0.717, 1.165) is 36.3 Å². The third-order valence-corrected chi connectivity index (χ3v) is 5.15. The zero-order chi connectivity index (χ0) is 17.2. The molecule has 1 aromatic carbocycles. The lowest BCUT2D eigenvalue weighted by Gasteiger charge is -2.31. The van der Waals surface area contributed by atoms with Crippen molar-refractivity contribution < 1.29 is 9.18 Å². The molecule has 0 aliphatic carbocycles. The summed E-state index contributed by atoms with van der Waals surface area (Å²) in [5, 5.41) is 11.0. The van der Waals surface area contributed by atoms with Gasteiger partial charge in [-0.3, -0.25) is 9.89 Å². The molecule has 1 aliphatic heterocycles. The summed E-state index contributed by atoms with van der Waals surface area (Å²) >= 11 is 1.53. The molecule has 0 unspecified atom stereocenters. The number of halogens is 1. The molecule has 1 amide bonds. The molecule has 1 atom stereocenters. The minimum atomic E-state index is -0.283. The number of nitrogens with one attached hydrogen (secondary N) is 1. The highest BCUT2D eigenvalue weighted by Crippen LogP contribution is 2.27. The molecule has 25 heavy (non-hydrogen) atoms. The third kappa shape index (κ3) is 3.32. The fraction of sp³-hybridized carbons (Fsp3) is 0.278. The maximum absolute atomic E-state index is 13.0. The van der Waals surface area contributed by atoms with Crippen molar-refractivity contribution in [3.05, 3.63) is 58.3 Å². The quantitative estimate of drug-likeness (QED) is 0.778. The van der Waals surface area contributed by atoms with E-state index in [2.05, 4.69) is 15.2 Å². The molecule has 3 heterocycles. The average molecular weight is 356 g/mol. The van der Waals surface area contributed by atoms with Crippen molar-refractivity contribution >= 4 is 17.2 Å². The van der Waals surface area contributed by atoms with Crippen LogP contribution < -0.4 is 0 Å². The molecule has 3 aromatic rings. The number of H-pyrrole nitrogens is 1. The van der Waals surface area contributed by atoms with Crippen molar-refractivity contribution in [3.8, 4) is 11.4 Å². The first-order valence-corrected chi connectivity index (χ1v) is 9.15. The maximum Gasteiger partial charge on any atom is 0.254 e. The Kier molecular flexibility index (Phi) is 4.31. The minimum absolute atomic E-state index is 0.0734. The summed E-state index contributed by atoms with van der Waals surface area (Å²) in [6, 6.07) is 7.98. The van der Waals surface area contributed by atoms with Gasteiger partial charge in [-0.05, 0) is 48.6 Å². The summed E-state index contributed by atoms with van der Waals surface area (Å²) < 4.78 is 13.0. The maximum atomic E-state index is 13.0. The second-order valence-electron chi connectivity index (χ2n) is 6.15. The smallest absolute Gasteiger partial charge is 0.254 e. The first-order valence-electron chi connectivity index (χ1n) is 8.20. The van der Waals surface area contributed by atoms with Crippen LogP contribution in [0.4, 0.5) is 4.39 Å². The highest BCUT2D eigenvalue weighted by atomic mass is 32.1. The number of carbonyl (C=O) groups is 1. The first-order chi connectivity index (χ1) is 12.2. The molecule has 0 saturated carbocycles. The molecule has 2 aromatic heterocycles. The van der Waals surface area contributed by atoms with Gasteiger partial charge in [-0.2, -0.15) is 16.4 Å². The van der Waals surface area contributed by atoms with E-state index < -0.39 is 0 Å². The van der Waals surface area contributed by atoms with Crippen molar-refractivity contribution in [1.29, 1.82) is 0 Å². The number of hydrogen-bond donors (Lipinski definition) is 1. The van der Waals surface area contributed by atoms with Crippen molar-refractivity contribution in [2.75, 3.05) is 13.1 Å². The summed E-state index contributed by atoms with van der Waals surface area (Å²) in [4.78, 5) is 19.0. The van der Waals surface area contributed by atoms with E-state index in [0.29, 0.717) is 12.4 Å². The first kappa shape index (κ1) is 16.0. The second kappa shape index (κ2) is 6.76. The van der Waals surface area contributed by atoms with Gasteiger partial charge in [-0.25, -0.2) is 9.37 Å². The Morgan fingerprint density at radius 1 is 1.28 bits per heavy atom. The molecule has 1 saturated heterocycles. The molecule has 0 radical (unpaired) electrons. The molecule has 7 heteroatoms. The van der Waals surface area contributed by atoms with Crippen molar-refractivity contribution in [1.82, 2.24) is 20.1 Å². The number of hydrogen-bond acceptors (Lipinski definition) is 4. The van der Waals surface area contributed by atoms with E-state index in [1.807, 2.05) is 21.7 Å². The number of aromatic amines is 1. The van der Waals surface area contributed by atoms with E-state index in [1.54, 1.807) is 12.1 Å². The molecule has 4 rings (SSSR count). The van der Waals surface area contributed by atoms with Gasteiger partial charge < -0.3 is 4.90 Å². The number of likely N-dealkylation sites (tertiary alicyclic amines) is 1. The average Bonchev–Trinajstić information content (AvgIpc) is 3.34. The number of rotatable bonds is 3. The molecular formula is C18H17FN4OS. The summed E-state index contributed by atoms with van der Waals surface area (Å²) in [7, 11) is 0. The van der Waals surface area contributed by atoms with Crippen LogP contribution in [-0.2, 0) is 0 Å². The normalized spacial score (nSPS) is 17.6. The molecule has 1 fully saturated rings. The summed E-state index contributed by atoms with van der Waals surface area (Å²) in [6.45, 7) is 1.40. The van der Waals surface area contributed by atoms with E-state index in [4.69, 9.17) is 0 Å². The van der Waals surface area contributed by atoms with Gasteiger partial charge in [0.2, 0.25) is 0 Å². The van der Waals surface area contributed by atoms with Gasteiger partial charge >= 0.3 is 0 Å². The Morgan fingerprint density at radius 2 is 2.12 bits per heavy atom. The molecular weight excluding hydrogens is 339 g/mol. The summed E-state index contributed by atoms with van der Waals surface area (Å²) in [5.74, 6) is 1.26. The predicted octanol–water partition coefficient (Wildman–Crippen LogP) is 3.69. The van der Waals surface area contributed by atoms with Gasteiger partial charge in [0.25, 0.3) is 5.91 Å². The van der Waals surface area contributed by atoms with Gasteiger partial charge in [0, 0.05) is 30.0 Å². The highest BCUT2D eigenvalue weighted by molar-refractivity contribution is 7.08. The number of thiophene rings is 1. The van der Waals surface area contributed by atoms with Crippen LogP contribution >= 0.6 is 11.3 Å². The van der Waals surface area contributed by atoms with Crippen LogP contribution in [0.3, 0.4) is 0 Å². The van der Waals surface area contributed by atoms with Crippen LogP contribution in [0.2, 0.25) is 0 Å². The van der Waals surface area contributed by atoms with E-state index in [9.17, 15) is 9.18 Å². The van der Waals surface area contributed by atoms with Crippen LogP contribution in [0.5, 0.6) is 0 Å². The Labute approximate surface area is 148 Å². The molecule has 128 valence electrons. The zero-order valence-electron chi connectivity index (χ0n) is 13.5. The third-order valence-electron chi connectivity index (χ3n) is 4.47. The number of amides is 1. The van der Waals surface area contributed by atoms with Crippen LogP contribution in [0, 0.1) is 5.82 Å². The van der Waals surface area contributed by atoms with E-state index >= 15 is 0 Å². The Morgan fingerprint density at radius 3 is 2.88 bits per heavy atom. The molecule has 1 N–H and O–H groups in total. The van der Waals surface area contributed by atoms with Crippen LogP contribution in [0.15, 0.2) is 41.1 Å². The lowest BCUT2D eigenvalue weighted by Crippen LogP contribution is -2.39. The fourth-order valence-corrected chi connectivity index (χ4v) is 3.77. The molecule has 0 bridgehead atoms. The van der Waals surface area contributed by atoms with Crippen LogP contribution in [0.25, 0.3) is 11.4 Å². The van der Waals surface area contributed by atoms with Gasteiger partial charge in [0.15, 0.2) is 5.82 Å². The Balaban J connectivity index is 1.50. The lowest BCUT2D eigenvalue weighted by molar-refractivity contribution is 0.0705. The summed E-state index contributed by atoms with van der Waals surface area (Å²) in [6.07, 6.45) is 1.90. The highest BCUT2D eigenvalue weighted by Gasteiger charge is 2.27. The van der Waals surface area contributed by atoms with Gasteiger partial charge in [0.1, 0.15) is 11.6 Å².